The van der Waals surface area contributed by atoms with E-state index in [0.717, 1.165) is 40.1 Å². The molecule has 0 bridgehead atoms. The first-order valence-electron chi connectivity index (χ1n) is 10.5. The minimum Gasteiger partial charge on any atom is -0.382 e. The van der Waals surface area contributed by atoms with Gasteiger partial charge in [0.15, 0.2) is 0 Å². The third kappa shape index (κ3) is 3.45. The Hall–Kier alpha value is -2.86. The highest BCUT2D eigenvalue weighted by molar-refractivity contribution is 6.33. The van der Waals surface area contributed by atoms with E-state index in [1.807, 2.05) is 13.1 Å². The molecule has 3 N–H and O–H groups in total. The summed E-state index contributed by atoms with van der Waals surface area (Å²) < 4.78 is 2.34. The largest absolute Gasteiger partial charge is 0.382 e. The van der Waals surface area contributed by atoms with E-state index in [0.29, 0.717) is 16.9 Å². The van der Waals surface area contributed by atoms with Gasteiger partial charge in [-0.25, -0.2) is 15.0 Å². The zero-order valence-electron chi connectivity index (χ0n) is 17.0. The summed E-state index contributed by atoms with van der Waals surface area (Å²) in [5.74, 6) is 2.00. The van der Waals surface area contributed by atoms with Crippen molar-refractivity contribution in [3.05, 3.63) is 53.4 Å². The van der Waals surface area contributed by atoms with Crippen LogP contribution in [-0.2, 0) is 6.42 Å². The normalized spacial score (nSPS) is 19.0. The number of rotatable bonds is 5. The fraction of sp³-hybridized carbons (Fsp3) is 0.348. The van der Waals surface area contributed by atoms with Gasteiger partial charge in [-0.1, -0.05) is 23.7 Å². The fourth-order valence-electron chi connectivity index (χ4n) is 4.76. The van der Waals surface area contributed by atoms with Gasteiger partial charge in [0.25, 0.3) is 0 Å². The summed E-state index contributed by atoms with van der Waals surface area (Å²) in [6, 6.07) is 10.9. The molecule has 1 aliphatic carbocycles. The number of nitrogens with one attached hydrogen (secondary N) is 1. The first kappa shape index (κ1) is 19.1. The fourth-order valence-corrected chi connectivity index (χ4v) is 4.92. The molecule has 154 valence electrons. The van der Waals surface area contributed by atoms with Crippen LogP contribution in [-0.4, -0.2) is 26.6 Å². The number of benzene rings is 1. The average Bonchev–Trinajstić information content (AvgIpc) is 3.39. The van der Waals surface area contributed by atoms with Crippen molar-refractivity contribution in [3.8, 4) is 0 Å². The predicted molar refractivity (Wildman–Crippen MR) is 123 cm³/mol. The van der Waals surface area contributed by atoms with Crippen molar-refractivity contribution in [2.75, 3.05) is 18.1 Å². The standard InChI is InChI=1S/C23H25ClN6/c1-26-22-18-8-9-30(23(18)28-13-27-22)17-7-5-14(10-17)2-3-15-4-6-16-12-19(24)21(25)29-20(16)11-15/h4,6,8-9,11-14,17H,2-3,5,7,10H2,1H3,(H2,25,29)(H,26,27,28). The van der Waals surface area contributed by atoms with Crippen LogP contribution in [0.15, 0.2) is 42.9 Å². The van der Waals surface area contributed by atoms with Gasteiger partial charge >= 0.3 is 0 Å². The second kappa shape index (κ2) is 7.76. The number of hydrogen-bond donors (Lipinski definition) is 2. The lowest BCUT2D eigenvalue weighted by molar-refractivity contribution is 0.461. The molecule has 3 aromatic heterocycles. The highest BCUT2D eigenvalue weighted by Gasteiger charge is 2.27. The van der Waals surface area contributed by atoms with Crippen molar-refractivity contribution in [1.82, 2.24) is 19.5 Å². The van der Waals surface area contributed by atoms with E-state index in [4.69, 9.17) is 17.3 Å². The maximum Gasteiger partial charge on any atom is 0.145 e. The number of fused-ring (bicyclic) bond motifs is 2. The summed E-state index contributed by atoms with van der Waals surface area (Å²) >= 11 is 6.08. The molecule has 4 aromatic rings. The Morgan fingerprint density at radius 3 is 2.97 bits per heavy atom. The number of halogens is 1. The number of aromatic nitrogens is 4. The molecule has 1 fully saturated rings. The topological polar surface area (TPSA) is 81.7 Å². The molecule has 1 aliphatic rings. The van der Waals surface area contributed by atoms with Crippen molar-refractivity contribution in [2.45, 2.75) is 38.1 Å². The minimum absolute atomic E-state index is 0.393. The molecular formula is C23H25ClN6. The van der Waals surface area contributed by atoms with E-state index < -0.39 is 0 Å². The number of nitrogens with two attached hydrogens (primary N) is 1. The van der Waals surface area contributed by atoms with Crippen molar-refractivity contribution in [1.29, 1.82) is 0 Å². The number of nitrogen functional groups attached to an aromatic ring is 1. The van der Waals surface area contributed by atoms with Crippen LogP contribution < -0.4 is 11.1 Å². The molecule has 5 rings (SSSR count). The van der Waals surface area contributed by atoms with Crippen LogP contribution in [0.3, 0.4) is 0 Å². The van der Waals surface area contributed by atoms with Gasteiger partial charge in [-0.2, -0.15) is 0 Å². The van der Waals surface area contributed by atoms with E-state index in [1.54, 1.807) is 6.33 Å². The maximum atomic E-state index is 6.08. The van der Waals surface area contributed by atoms with Gasteiger partial charge in [-0.3, -0.25) is 0 Å². The molecule has 6 nitrogen and oxygen atoms in total. The number of aryl methyl sites for hydroxylation is 1. The smallest absolute Gasteiger partial charge is 0.145 e. The third-order valence-corrected chi connectivity index (χ3v) is 6.66. The van der Waals surface area contributed by atoms with E-state index in [2.05, 4.69) is 55.3 Å². The van der Waals surface area contributed by atoms with E-state index >= 15 is 0 Å². The summed E-state index contributed by atoms with van der Waals surface area (Å²) in [6.07, 6.45) is 9.68. The highest BCUT2D eigenvalue weighted by atomic mass is 35.5. The number of hydrogen-bond acceptors (Lipinski definition) is 5. The lowest BCUT2D eigenvalue weighted by Gasteiger charge is -2.15. The Morgan fingerprint density at radius 2 is 2.10 bits per heavy atom. The summed E-state index contributed by atoms with van der Waals surface area (Å²) in [7, 11) is 1.90. The average molecular weight is 421 g/mol. The molecule has 2 unspecified atom stereocenters. The van der Waals surface area contributed by atoms with Crippen LogP contribution in [0.5, 0.6) is 0 Å². The van der Waals surface area contributed by atoms with Crippen molar-refractivity contribution in [2.24, 2.45) is 5.92 Å². The molecule has 0 aliphatic heterocycles. The molecule has 0 spiro atoms. The van der Waals surface area contributed by atoms with Crippen molar-refractivity contribution >= 4 is 45.2 Å². The maximum absolute atomic E-state index is 6.08. The second-order valence-corrected chi connectivity index (χ2v) is 8.59. The molecule has 0 amide bonds. The van der Waals surface area contributed by atoms with E-state index in [-0.39, 0.29) is 0 Å². The van der Waals surface area contributed by atoms with Gasteiger partial charge in [0.1, 0.15) is 23.6 Å². The predicted octanol–water partition coefficient (Wildman–Crippen LogP) is 5.23. The first-order chi connectivity index (χ1) is 14.6. The molecule has 7 heteroatoms. The van der Waals surface area contributed by atoms with Crippen LogP contribution in [0.4, 0.5) is 11.6 Å². The zero-order chi connectivity index (χ0) is 20.7. The quantitative estimate of drug-likeness (QED) is 0.462. The SMILES string of the molecule is CNc1ncnc2c1ccn2C1CCC(CCc2ccc3cc(Cl)c(N)nc3c2)C1. The second-order valence-electron chi connectivity index (χ2n) is 8.19. The van der Waals surface area contributed by atoms with Gasteiger partial charge in [0.05, 0.1) is 15.9 Å². The third-order valence-electron chi connectivity index (χ3n) is 6.36. The monoisotopic (exact) mass is 420 g/mol. The van der Waals surface area contributed by atoms with Gasteiger partial charge in [-0.05, 0) is 61.8 Å². The lowest BCUT2D eigenvalue weighted by atomic mass is 9.97. The summed E-state index contributed by atoms with van der Waals surface area (Å²) in [5, 5.41) is 5.78. The molecule has 0 saturated heterocycles. The van der Waals surface area contributed by atoms with E-state index in [1.165, 1.54) is 31.2 Å². The van der Waals surface area contributed by atoms with Gasteiger partial charge in [-0.15, -0.1) is 0 Å². The van der Waals surface area contributed by atoms with E-state index in [9.17, 15) is 0 Å². The van der Waals surface area contributed by atoms with Gasteiger partial charge < -0.3 is 15.6 Å². The minimum atomic E-state index is 0.393. The summed E-state index contributed by atoms with van der Waals surface area (Å²) in [4.78, 5) is 13.3. The van der Waals surface area contributed by atoms with Crippen molar-refractivity contribution in [3.63, 3.8) is 0 Å². The Morgan fingerprint density at radius 1 is 1.20 bits per heavy atom. The van der Waals surface area contributed by atoms with Crippen LogP contribution in [0, 0.1) is 5.92 Å². The highest BCUT2D eigenvalue weighted by Crippen LogP contribution is 2.39. The number of anilines is 2. The van der Waals surface area contributed by atoms with Crippen LogP contribution in [0.25, 0.3) is 21.9 Å². The Balaban J connectivity index is 1.27. The zero-order valence-corrected chi connectivity index (χ0v) is 17.7. The summed E-state index contributed by atoms with van der Waals surface area (Å²) in [6.45, 7) is 0. The summed E-state index contributed by atoms with van der Waals surface area (Å²) in [5.41, 5.74) is 9.11. The van der Waals surface area contributed by atoms with Gasteiger partial charge in [0.2, 0.25) is 0 Å². The first-order valence-corrected chi connectivity index (χ1v) is 10.8. The Kier molecular flexibility index (Phi) is 4.95. The molecule has 3 heterocycles. The Bertz CT molecular complexity index is 1220. The molecule has 30 heavy (non-hydrogen) atoms. The van der Waals surface area contributed by atoms with Crippen LogP contribution in [0.2, 0.25) is 5.02 Å². The Labute approximate surface area is 180 Å². The van der Waals surface area contributed by atoms with Crippen LogP contribution >= 0.6 is 11.6 Å². The molecule has 2 atom stereocenters. The van der Waals surface area contributed by atoms with Crippen LogP contribution in [0.1, 0.15) is 37.3 Å². The van der Waals surface area contributed by atoms with Crippen molar-refractivity contribution < 1.29 is 0 Å². The molecule has 1 saturated carbocycles. The molecule has 0 radical (unpaired) electrons. The number of pyridine rings is 1. The lowest BCUT2D eigenvalue weighted by Crippen LogP contribution is -2.06. The number of nitrogens with zero attached hydrogens (tertiary/aromatic N) is 4. The molecular weight excluding hydrogens is 396 g/mol. The molecule has 1 aromatic carbocycles. The van der Waals surface area contributed by atoms with Gasteiger partial charge in [0, 0.05) is 24.7 Å².